The Hall–Kier alpha value is -4.88. The first-order valence-corrected chi connectivity index (χ1v) is 13.6. The number of hydrogen-bond acceptors (Lipinski definition) is 9. The average Bonchev–Trinajstić information content (AvgIpc) is 3.44. The number of rotatable bonds is 9. The van der Waals surface area contributed by atoms with Crippen molar-refractivity contribution in [2.45, 2.75) is 11.8 Å². The second-order valence-corrected chi connectivity index (χ2v) is 10.0. The molecule has 4 N–H and O–H groups in total. The van der Waals surface area contributed by atoms with E-state index in [0.717, 1.165) is 29.2 Å². The molecule has 0 bridgehead atoms. The Balaban J connectivity index is 1.34. The molecule has 0 atom stereocenters. The van der Waals surface area contributed by atoms with E-state index in [0.29, 0.717) is 33.9 Å². The van der Waals surface area contributed by atoms with Crippen molar-refractivity contribution in [2.75, 3.05) is 28.5 Å². The largest absolute Gasteiger partial charge is 0.395 e. The third-order valence-electron chi connectivity index (χ3n) is 6.54. The molecule has 0 radical (unpaired) electrons. The van der Waals surface area contributed by atoms with Gasteiger partial charge in [-0.05, 0) is 67.4 Å². The number of aliphatic hydroxyl groups excluding tert-OH is 1. The van der Waals surface area contributed by atoms with E-state index in [1.54, 1.807) is 42.1 Å². The summed E-state index contributed by atoms with van der Waals surface area (Å²) in [7, 11) is 0. The highest BCUT2D eigenvalue weighted by Crippen LogP contribution is 2.34. The first-order valence-electron chi connectivity index (χ1n) is 12.8. The number of benzene rings is 3. The fourth-order valence-corrected chi connectivity index (χ4v) is 5.16. The standard InChI is InChI=1S/C29H23F3N8OS/c1-16-17(30)4-2-7-23(16)42-39-19-9-8-18(31)26(25(19)32)38-29-28-21(34-14-35-29)10-11-24(37-28)40-15-36-27-20(33-12-13-41)5-3-6-22(27)40/h2-11,14-15,33,39,41H,12-13H2,1H3,(H,34,35,38). The molecule has 212 valence electrons. The van der Waals surface area contributed by atoms with Gasteiger partial charge in [-0.3, -0.25) is 4.57 Å². The third kappa shape index (κ3) is 5.15. The number of hydrogen-bond donors (Lipinski definition) is 4. The summed E-state index contributed by atoms with van der Waals surface area (Å²) in [5.74, 6) is -1.52. The van der Waals surface area contributed by atoms with Crippen molar-refractivity contribution in [1.82, 2.24) is 24.5 Å². The van der Waals surface area contributed by atoms with Gasteiger partial charge in [0.1, 0.15) is 46.8 Å². The van der Waals surface area contributed by atoms with Crippen LogP contribution in [-0.2, 0) is 0 Å². The number of halogens is 3. The number of aliphatic hydroxyl groups is 1. The summed E-state index contributed by atoms with van der Waals surface area (Å²) in [4.78, 5) is 18.2. The van der Waals surface area contributed by atoms with E-state index in [9.17, 15) is 13.9 Å². The van der Waals surface area contributed by atoms with Crippen LogP contribution in [0, 0.1) is 24.4 Å². The van der Waals surface area contributed by atoms with Gasteiger partial charge in [0.15, 0.2) is 11.6 Å². The predicted octanol–water partition coefficient (Wildman–Crippen LogP) is 6.36. The third-order valence-corrected chi connectivity index (χ3v) is 7.53. The predicted molar refractivity (Wildman–Crippen MR) is 158 cm³/mol. The van der Waals surface area contributed by atoms with Crippen LogP contribution in [0.5, 0.6) is 0 Å². The number of para-hydroxylation sites is 1. The van der Waals surface area contributed by atoms with Crippen LogP contribution in [0.2, 0.25) is 0 Å². The quantitative estimate of drug-likeness (QED) is 0.143. The van der Waals surface area contributed by atoms with Crippen molar-refractivity contribution < 1.29 is 18.3 Å². The number of aromatic nitrogens is 5. The maximum Gasteiger partial charge on any atom is 0.173 e. The topological polar surface area (TPSA) is 113 Å². The summed E-state index contributed by atoms with van der Waals surface area (Å²) in [6.07, 6.45) is 2.89. The highest BCUT2D eigenvalue weighted by atomic mass is 32.2. The van der Waals surface area contributed by atoms with Crippen molar-refractivity contribution in [2.24, 2.45) is 0 Å². The van der Waals surface area contributed by atoms with E-state index in [-0.39, 0.29) is 29.4 Å². The van der Waals surface area contributed by atoms with Gasteiger partial charge in [0.25, 0.3) is 0 Å². The number of nitrogens with zero attached hydrogens (tertiary/aromatic N) is 5. The Labute approximate surface area is 242 Å². The first kappa shape index (κ1) is 27.3. The van der Waals surface area contributed by atoms with E-state index in [4.69, 9.17) is 4.98 Å². The second-order valence-electron chi connectivity index (χ2n) is 9.17. The molecule has 0 aliphatic heterocycles. The molecule has 9 nitrogen and oxygen atoms in total. The first-order chi connectivity index (χ1) is 20.4. The molecule has 0 aliphatic carbocycles. The summed E-state index contributed by atoms with van der Waals surface area (Å²) in [6, 6.07) is 16.1. The summed E-state index contributed by atoms with van der Waals surface area (Å²) in [5.41, 5.74) is 2.93. The van der Waals surface area contributed by atoms with Crippen LogP contribution in [0.15, 0.2) is 78.2 Å². The Morgan fingerprint density at radius 2 is 1.74 bits per heavy atom. The molecule has 3 aromatic carbocycles. The average molecular weight is 589 g/mol. The van der Waals surface area contributed by atoms with Gasteiger partial charge in [0.2, 0.25) is 0 Å². The molecule has 0 saturated heterocycles. The molecule has 0 aliphatic rings. The van der Waals surface area contributed by atoms with Crippen molar-refractivity contribution in [3.8, 4) is 5.82 Å². The Kier molecular flexibility index (Phi) is 7.50. The normalized spacial score (nSPS) is 11.3. The highest BCUT2D eigenvalue weighted by Gasteiger charge is 2.18. The SMILES string of the molecule is Cc1c(F)cccc1SNc1ccc(F)c(Nc2ncnc3ccc(-n4cnc5c(NCCO)cccc54)nc23)c1F. The fraction of sp³-hybridized carbons (Fsp3) is 0.103. The van der Waals surface area contributed by atoms with E-state index >= 15 is 4.39 Å². The molecule has 0 amide bonds. The van der Waals surface area contributed by atoms with Crippen LogP contribution in [0.25, 0.3) is 27.9 Å². The monoisotopic (exact) mass is 588 g/mol. The van der Waals surface area contributed by atoms with Gasteiger partial charge in [-0.25, -0.2) is 33.1 Å². The van der Waals surface area contributed by atoms with Gasteiger partial charge in [0.05, 0.1) is 29.0 Å². The second kappa shape index (κ2) is 11.5. The zero-order valence-corrected chi connectivity index (χ0v) is 22.9. The number of anilines is 4. The Morgan fingerprint density at radius 3 is 2.60 bits per heavy atom. The van der Waals surface area contributed by atoms with Crippen LogP contribution in [0.3, 0.4) is 0 Å². The molecule has 0 saturated carbocycles. The van der Waals surface area contributed by atoms with E-state index < -0.39 is 17.3 Å². The zero-order chi connectivity index (χ0) is 29.2. The van der Waals surface area contributed by atoms with Crippen LogP contribution in [-0.4, -0.2) is 42.8 Å². The summed E-state index contributed by atoms with van der Waals surface area (Å²) >= 11 is 1.01. The van der Waals surface area contributed by atoms with Gasteiger partial charge in [-0.2, -0.15) is 0 Å². The summed E-state index contributed by atoms with van der Waals surface area (Å²) in [5, 5.41) is 15.1. The van der Waals surface area contributed by atoms with Crippen molar-refractivity contribution in [1.29, 1.82) is 0 Å². The molecule has 0 fully saturated rings. The van der Waals surface area contributed by atoms with Gasteiger partial charge in [0, 0.05) is 17.0 Å². The number of imidazole rings is 1. The van der Waals surface area contributed by atoms with E-state index in [1.165, 1.54) is 18.5 Å². The lowest BCUT2D eigenvalue weighted by molar-refractivity contribution is 0.311. The Bertz CT molecular complexity index is 1930. The lowest BCUT2D eigenvalue weighted by atomic mass is 10.2. The molecule has 3 aromatic heterocycles. The van der Waals surface area contributed by atoms with Crippen LogP contribution in [0.1, 0.15) is 5.56 Å². The molecule has 0 spiro atoms. The molecule has 6 aromatic rings. The minimum Gasteiger partial charge on any atom is -0.395 e. The molecule has 0 unspecified atom stereocenters. The van der Waals surface area contributed by atoms with Crippen LogP contribution < -0.4 is 15.4 Å². The summed E-state index contributed by atoms with van der Waals surface area (Å²) in [6.45, 7) is 1.97. The van der Waals surface area contributed by atoms with Gasteiger partial charge >= 0.3 is 0 Å². The van der Waals surface area contributed by atoms with Crippen molar-refractivity contribution >= 4 is 56.9 Å². The molecule has 3 heterocycles. The molecule has 42 heavy (non-hydrogen) atoms. The smallest absolute Gasteiger partial charge is 0.173 e. The van der Waals surface area contributed by atoms with Gasteiger partial charge in [-0.1, -0.05) is 12.1 Å². The highest BCUT2D eigenvalue weighted by molar-refractivity contribution is 8.00. The van der Waals surface area contributed by atoms with E-state index in [2.05, 4.69) is 30.3 Å². The molecular formula is C29H23F3N8OS. The van der Waals surface area contributed by atoms with Crippen LogP contribution >= 0.6 is 11.9 Å². The molecule has 6 rings (SSSR count). The molecular weight excluding hydrogens is 565 g/mol. The zero-order valence-electron chi connectivity index (χ0n) is 22.1. The number of nitrogens with one attached hydrogen (secondary N) is 3. The van der Waals surface area contributed by atoms with Crippen LogP contribution in [0.4, 0.5) is 36.1 Å². The minimum absolute atomic E-state index is 0.00457. The van der Waals surface area contributed by atoms with Crippen molar-refractivity contribution in [3.63, 3.8) is 0 Å². The minimum atomic E-state index is -0.886. The number of pyridine rings is 1. The van der Waals surface area contributed by atoms with Gasteiger partial charge in [-0.15, -0.1) is 0 Å². The lowest BCUT2D eigenvalue weighted by Crippen LogP contribution is -2.06. The maximum atomic E-state index is 15.6. The lowest BCUT2D eigenvalue weighted by Gasteiger charge is -2.14. The van der Waals surface area contributed by atoms with Crippen molar-refractivity contribution in [3.05, 3.63) is 96.3 Å². The van der Waals surface area contributed by atoms with Gasteiger partial charge < -0.3 is 20.5 Å². The number of fused-ring (bicyclic) bond motifs is 2. The summed E-state index contributed by atoms with van der Waals surface area (Å²) < 4.78 is 49.0. The maximum absolute atomic E-state index is 15.6. The Morgan fingerprint density at radius 1 is 0.881 bits per heavy atom. The fourth-order valence-electron chi connectivity index (χ4n) is 4.38. The molecule has 13 heteroatoms. The van der Waals surface area contributed by atoms with E-state index in [1.807, 2.05) is 18.2 Å².